The van der Waals surface area contributed by atoms with Crippen LogP contribution in [0.2, 0.25) is 0 Å². The molecule has 7 N–H and O–H groups in total. The number of nitrogens with two attached hydrogens (primary N) is 2. The summed E-state index contributed by atoms with van der Waals surface area (Å²) in [6.45, 7) is -2.07. The van der Waals surface area contributed by atoms with E-state index in [1.54, 1.807) is 0 Å². The molecular formula is C20H21F2N10O12P2-. The van der Waals surface area contributed by atoms with Crippen LogP contribution in [0, 0.1) is 0 Å². The maximum absolute atomic E-state index is 15.9. The van der Waals surface area contributed by atoms with Gasteiger partial charge in [-0.2, -0.15) is 9.97 Å². The molecule has 0 bridgehead atoms. The summed E-state index contributed by atoms with van der Waals surface area (Å²) >= 11 is 0. The summed E-state index contributed by atoms with van der Waals surface area (Å²) in [6.07, 6.45) is -13.7. The van der Waals surface area contributed by atoms with E-state index < -0.39 is 89.2 Å². The fourth-order valence-electron chi connectivity index (χ4n) is 5.31. The van der Waals surface area contributed by atoms with Crippen molar-refractivity contribution in [2.24, 2.45) is 0 Å². The zero-order valence-corrected chi connectivity index (χ0v) is 24.4. The summed E-state index contributed by atoms with van der Waals surface area (Å²) in [7, 11) is -10.7. The molecule has 0 saturated carbocycles. The van der Waals surface area contributed by atoms with Gasteiger partial charge in [0, 0.05) is 0 Å². The zero-order chi connectivity index (χ0) is 32.7. The molecule has 3 fully saturated rings. The topological polar surface area (TPSA) is 312 Å². The molecule has 7 rings (SSSR count). The Labute approximate surface area is 251 Å². The number of aromatic nitrogens is 8. The molecule has 3 aliphatic rings. The minimum Gasteiger partial charge on any atom is -0.756 e. The monoisotopic (exact) mass is 693 g/mol. The number of hydrogen-bond donors (Lipinski definition) is 5. The Hall–Kier alpha value is -3.70. The number of phosphoric acid groups is 2. The minimum absolute atomic E-state index is 0.227. The van der Waals surface area contributed by atoms with Crippen molar-refractivity contribution >= 4 is 49.9 Å². The lowest BCUT2D eigenvalue weighted by Crippen LogP contribution is -2.38. The summed E-state index contributed by atoms with van der Waals surface area (Å²) in [6, 6.07) is 0. The molecule has 0 radical (unpaired) electrons. The molecule has 4 unspecified atom stereocenters. The largest absolute Gasteiger partial charge is 0.756 e. The van der Waals surface area contributed by atoms with E-state index in [1.165, 1.54) is 0 Å². The number of nitrogens with one attached hydrogen (secondary N) is 2. The van der Waals surface area contributed by atoms with Crippen molar-refractivity contribution in [3.63, 3.8) is 0 Å². The molecule has 7 heterocycles. The van der Waals surface area contributed by atoms with Gasteiger partial charge in [-0.05, 0) is 0 Å². The van der Waals surface area contributed by atoms with Crippen molar-refractivity contribution < 1.29 is 55.3 Å². The second-order valence-corrected chi connectivity index (χ2v) is 13.0. The molecule has 10 atom stereocenters. The second kappa shape index (κ2) is 10.9. The minimum atomic E-state index is -5.47. The van der Waals surface area contributed by atoms with Crippen LogP contribution in [0.3, 0.4) is 0 Å². The second-order valence-electron chi connectivity index (χ2n) is 10.2. The third-order valence-corrected chi connectivity index (χ3v) is 9.24. The highest BCUT2D eigenvalue weighted by molar-refractivity contribution is 7.47. The van der Waals surface area contributed by atoms with Gasteiger partial charge in [-0.3, -0.25) is 42.3 Å². The van der Waals surface area contributed by atoms with E-state index in [9.17, 15) is 28.5 Å². The molecule has 248 valence electrons. The molecular weight excluding hydrogens is 672 g/mol. The van der Waals surface area contributed by atoms with Crippen molar-refractivity contribution in [2.45, 2.75) is 49.2 Å². The molecule has 0 spiro atoms. The Morgan fingerprint density at radius 3 is 1.80 bits per heavy atom. The number of nitrogen functional groups attached to an aromatic ring is 2. The number of rotatable bonds is 2. The predicted octanol–water partition coefficient (Wildman–Crippen LogP) is -1.73. The number of phosphoric ester groups is 2. The molecule has 22 nitrogen and oxygen atoms in total. The standard InChI is InChI=1S/C20H22F2N10O12P2/c21-7-11-5(41-17(7)31-3-25-9-13(31)27-19(23)29-15(9)33)1-39-45(35,36)44-12-6(2-40-46(37,38)43-11)42-18(8(12)22)32-4-26-10-14(32)28-20(24)30-16(10)34/h3-8,11-12,17-18H,1-2H2,(H,35,36)(H,37,38)(H3,23,27,29,33)(H3,24,28,30,34)/p-1/t5-,6-,7+,8?,11+,12+,17?,18-/m1/s1. The van der Waals surface area contributed by atoms with Gasteiger partial charge >= 0.3 is 7.82 Å². The summed E-state index contributed by atoms with van der Waals surface area (Å²) < 4.78 is 90.5. The SMILES string of the molecule is Nc1nc2c(ncn2C2O[C@@H]3COP(=O)(O)O[C@@H]4C(F)[C@H](n5cnc6c(=O)[nH]c(N)nc65)O[C@@H]4COP(=O)([O-])O[C@@H]3[C@@H]2F)c(=O)[nH]1. The van der Waals surface area contributed by atoms with E-state index >= 15 is 8.78 Å². The Morgan fingerprint density at radius 1 is 0.848 bits per heavy atom. The highest BCUT2D eigenvalue weighted by atomic mass is 31.2. The third kappa shape index (κ3) is 5.31. The molecule has 0 aromatic carbocycles. The first-order chi connectivity index (χ1) is 21.7. The highest BCUT2D eigenvalue weighted by Gasteiger charge is 2.54. The molecule has 0 aliphatic carbocycles. The van der Waals surface area contributed by atoms with Gasteiger partial charge in [0.05, 0.1) is 25.9 Å². The van der Waals surface area contributed by atoms with E-state index in [0.29, 0.717) is 0 Å². The Bertz CT molecular complexity index is 1910. The van der Waals surface area contributed by atoms with E-state index in [0.717, 1.165) is 21.8 Å². The number of imidazole rings is 2. The third-order valence-electron chi connectivity index (χ3n) is 7.29. The van der Waals surface area contributed by atoms with Crippen LogP contribution in [0.15, 0.2) is 22.2 Å². The van der Waals surface area contributed by atoms with E-state index in [4.69, 9.17) is 39.0 Å². The number of ether oxygens (including phenoxy) is 2. The number of aromatic amines is 2. The number of alkyl halides is 2. The van der Waals surface area contributed by atoms with E-state index in [1.807, 2.05) is 0 Å². The van der Waals surface area contributed by atoms with Crippen LogP contribution in [-0.4, -0.2) is 93.9 Å². The van der Waals surface area contributed by atoms with Crippen LogP contribution in [0.4, 0.5) is 20.7 Å². The van der Waals surface area contributed by atoms with Gasteiger partial charge in [0.15, 0.2) is 47.1 Å². The number of anilines is 2. The summed E-state index contributed by atoms with van der Waals surface area (Å²) in [5.41, 5.74) is 8.69. The maximum Gasteiger partial charge on any atom is 0.472 e. The van der Waals surface area contributed by atoms with E-state index in [-0.39, 0.29) is 34.2 Å². The molecule has 26 heteroatoms. The maximum atomic E-state index is 15.9. The normalized spacial score (nSPS) is 37.1. The molecule has 4 aromatic heterocycles. The van der Waals surface area contributed by atoms with Crippen LogP contribution in [0.1, 0.15) is 12.5 Å². The molecule has 46 heavy (non-hydrogen) atoms. The zero-order valence-electron chi connectivity index (χ0n) is 22.6. The lowest BCUT2D eigenvalue weighted by Gasteiger charge is -2.31. The number of H-pyrrole nitrogens is 2. The van der Waals surface area contributed by atoms with Gasteiger partial charge in [-0.1, -0.05) is 0 Å². The fourth-order valence-corrected chi connectivity index (χ4v) is 7.21. The predicted molar refractivity (Wildman–Crippen MR) is 142 cm³/mol. The molecule has 3 aliphatic heterocycles. The van der Waals surface area contributed by atoms with Crippen molar-refractivity contribution in [3.05, 3.63) is 33.4 Å². The average Bonchev–Trinajstić information content (AvgIpc) is 3.72. The first-order valence-electron chi connectivity index (χ1n) is 13.0. The van der Waals surface area contributed by atoms with Gasteiger partial charge in [0.2, 0.25) is 11.9 Å². The number of halogens is 2. The average molecular weight is 693 g/mol. The number of nitrogens with zero attached hydrogens (tertiary/aromatic N) is 6. The lowest BCUT2D eigenvalue weighted by atomic mass is 10.1. The summed E-state index contributed by atoms with van der Waals surface area (Å²) in [5, 5.41) is 0. The van der Waals surface area contributed by atoms with Gasteiger partial charge in [0.1, 0.15) is 24.4 Å². The fraction of sp³-hybridized carbons (Fsp3) is 0.500. The van der Waals surface area contributed by atoms with Crippen LogP contribution in [-0.2, 0) is 36.7 Å². The van der Waals surface area contributed by atoms with Crippen molar-refractivity contribution in [1.29, 1.82) is 0 Å². The first-order valence-corrected chi connectivity index (χ1v) is 16.0. The summed E-state index contributed by atoms with van der Waals surface area (Å²) in [4.78, 5) is 67.6. The lowest BCUT2D eigenvalue weighted by molar-refractivity contribution is -0.235. The van der Waals surface area contributed by atoms with Crippen LogP contribution in [0.5, 0.6) is 0 Å². The summed E-state index contributed by atoms with van der Waals surface area (Å²) in [5.74, 6) is -0.682. The first kappa shape index (κ1) is 30.9. The van der Waals surface area contributed by atoms with Gasteiger partial charge < -0.3 is 39.8 Å². The van der Waals surface area contributed by atoms with Crippen LogP contribution < -0.4 is 27.5 Å². The molecule has 0 amide bonds. The van der Waals surface area contributed by atoms with Crippen LogP contribution >= 0.6 is 15.6 Å². The smallest absolute Gasteiger partial charge is 0.472 e. The molecule has 3 saturated heterocycles. The van der Waals surface area contributed by atoms with Gasteiger partial charge in [-0.25, -0.2) is 23.3 Å². The number of hydrogen-bond acceptors (Lipinski definition) is 17. The van der Waals surface area contributed by atoms with Gasteiger partial charge in [0.25, 0.3) is 18.9 Å². The quantitative estimate of drug-likeness (QED) is 0.146. The molecule has 4 aromatic rings. The highest BCUT2D eigenvalue weighted by Crippen LogP contribution is 2.53. The Morgan fingerprint density at radius 2 is 1.30 bits per heavy atom. The Balaban J connectivity index is 1.18. The van der Waals surface area contributed by atoms with Crippen LogP contribution in [0.25, 0.3) is 22.3 Å². The van der Waals surface area contributed by atoms with Crippen molar-refractivity contribution in [3.8, 4) is 0 Å². The van der Waals surface area contributed by atoms with E-state index in [2.05, 4.69) is 29.9 Å². The van der Waals surface area contributed by atoms with Crippen molar-refractivity contribution in [2.75, 3.05) is 24.7 Å². The number of fused-ring (bicyclic) bond motifs is 4. The van der Waals surface area contributed by atoms with Crippen molar-refractivity contribution in [1.82, 2.24) is 39.0 Å². The Kier molecular flexibility index (Phi) is 7.36. The van der Waals surface area contributed by atoms with Gasteiger partial charge in [-0.15, -0.1) is 0 Å².